The Bertz CT molecular complexity index is 416. The van der Waals surface area contributed by atoms with Crippen molar-refractivity contribution in [3.63, 3.8) is 0 Å². The first-order valence-electron chi connectivity index (χ1n) is 4.90. The van der Waals surface area contributed by atoms with Crippen LogP contribution in [0.3, 0.4) is 0 Å². The normalized spacial score (nSPS) is 28.0. The van der Waals surface area contributed by atoms with Gasteiger partial charge >= 0.3 is 0 Å². The molecular formula is C12H10Br2. The SMILES string of the molecule is BrC(Br)=C1C[C@@H]2C[C@H]1c1ccccc12. The Morgan fingerprint density at radius 2 is 1.86 bits per heavy atom. The third-order valence-corrected chi connectivity index (χ3v) is 4.48. The van der Waals surface area contributed by atoms with Crippen LogP contribution in [0.5, 0.6) is 0 Å². The summed E-state index contributed by atoms with van der Waals surface area (Å²) in [5.74, 6) is 1.45. The third-order valence-electron chi connectivity index (χ3n) is 3.46. The average molecular weight is 314 g/mol. The molecule has 0 N–H and O–H groups in total. The molecule has 0 heterocycles. The number of hydrogen-bond acceptors (Lipinski definition) is 0. The number of benzene rings is 1. The molecule has 1 fully saturated rings. The highest BCUT2D eigenvalue weighted by Gasteiger charge is 2.40. The highest BCUT2D eigenvalue weighted by atomic mass is 79.9. The molecule has 2 aliphatic rings. The van der Waals surface area contributed by atoms with Crippen molar-refractivity contribution >= 4 is 31.9 Å². The molecule has 0 unspecified atom stereocenters. The maximum atomic E-state index is 3.55. The zero-order chi connectivity index (χ0) is 9.71. The van der Waals surface area contributed by atoms with E-state index in [1.54, 1.807) is 16.7 Å². The van der Waals surface area contributed by atoms with Crippen LogP contribution in [0.2, 0.25) is 0 Å². The van der Waals surface area contributed by atoms with E-state index in [1.165, 1.54) is 16.2 Å². The lowest BCUT2D eigenvalue weighted by molar-refractivity contribution is 0.757. The fourth-order valence-electron chi connectivity index (χ4n) is 2.88. The molecule has 0 saturated heterocycles. The number of halogens is 2. The van der Waals surface area contributed by atoms with Crippen LogP contribution in [0, 0.1) is 0 Å². The van der Waals surface area contributed by atoms with Crippen molar-refractivity contribution in [2.45, 2.75) is 24.7 Å². The Kier molecular flexibility index (Phi) is 2.10. The first-order chi connectivity index (χ1) is 6.77. The molecule has 2 aliphatic carbocycles. The predicted octanol–water partition coefficient (Wildman–Crippen LogP) is 4.66. The van der Waals surface area contributed by atoms with Crippen LogP contribution in [0.4, 0.5) is 0 Å². The number of fused-ring (bicyclic) bond motifs is 5. The fraction of sp³-hybridized carbons (Fsp3) is 0.333. The van der Waals surface area contributed by atoms with Gasteiger partial charge in [0.15, 0.2) is 0 Å². The summed E-state index contributed by atoms with van der Waals surface area (Å²) >= 11 is 7.10. The maximum absolute atomic E-state index is 3.55. The molecule has 0 aliphatic heterocycles. The molecule has 72 valence electrons. The zero-order valence-electron chi connectivity index (χ0n) is 7.63. The Hall–Kier alpha value is -0.0800. The van der Waals surface area contributed by atoms with Crippen molar-refractivity contribution in [3.8, 4) is 0 Å². The Morgan fingerprint density at radius 3 is 2.57 bits per heavy atom. The molecule has 14 heavy (non-hydrogen) atoms. The van der Waals surface area contributed by atoms with E-state index in [1.807, 2.05) is 0 Å². The van der Waals surface area contributed by atoms with Gasteiger partial charge in [0, 0.05) is 5.92 Å². The molecule has 0 amide bonds. The smallest absolute Gasteiger partial charge is 0.0602 e. The lowest BCUT2D eigenvalue weighted by atomic mass is 9.89. The van der Waals surface area contributed by atoms with Crippen LogP contribution in [-0.4, -0.2) is 0 Å². The van der Waals surface area contributed by atoms with Crippen LogP contribution in [0.25, 0.3) is 0 Å². The quantitative estimate of drug-likeness (QED) is 0.653. The van der Waals surface area contributed by atoms with Crippen LogP contribution < -0.4 is 0 Å². The molecule has 2 heteroatoms. The van der Waals surface area contributed by atoms with Crippen molar-refractivity contribution in [2.75, 3.05) is 0 Å². The first-order valence-corrected chi connectivity index (χ1v) is 6.49. The van der Waals surface area contributed by atoms with Gasteiger partial charge in [0.05, 0.1) is 3.39 Å². The zero-order valence-corrected chi connectivity index (χ0v) is 10.8. The monoisotopic (exact) mass is 312 g/mol. The summed E-state index contributed by atoms with van der Waals surface area (Å²) < 4.78 is 1.17. The predicted molar refractivity (Wildman–Crippen MR) is 66.0 cm³/mol. The molecule has 2 atom stereocenters. The maximum Gasteiger partial charge on any atom is 0.0602 e. The molecule has 3 rings (SSSR count). The van der Waals surface area contributed by atoms with Gasteiger partial charge in [-0.3, -0.25) is 0 Å². The van der Waals surface area contributed by atoms with Crippen molar-refractivity contribution in [1.82, 2.24) is 0 Å². The highest BCUT2D eigenvalue weighted by molar-refractivity contribution is 9.28. The third kappa shape index (κ3) is 1.17. The Balaban J connectivity index is 2.16. The lowest BCUT2D eigenvalue weighted by Gasteiger charge is -2.18. The summed E-state index contributed by atoms with van der Waals surface area (Å²) in [7, 11) is 0. The van der Waals surface area contributed by atoms with Crippen LogP contribution in [-0.2, 0) is 0 Å². The minimum atomic E-state index is 0.671. The molecule has 0 spiro atoms. The lowest BCUT2D eigenvalue weighted by Crippen LogP contribution is -2.00. The molecule has 0 aromatic heterocycles. The summed E-state index contributed by atoms with van der Waals surface area (Å²) in [6, 6.07) is 8.88. The van der Waals surface area contributed by atoms with E-state index in [0.717, 1.165) is 5.92 Å². The van der Waals surface area contributed by atoms with E-state index in [2.05, 4.69) is 56.1 Å². The van der Waals surface area contributed by atoms with Gasteiger partial charge in [-0.2, -0.15) is 0 Å². The second kappa shape index (κ2) is 3.21. The van der Waals surface area contributed by atoms with Gasteiger partial charge in [-0.1, -0.05) is 24.3 Å². The van der Waals surface area contributed by atoms with Gasteiger partial charge in [0.25, 0.3) is 0 Å². The number of rotatable bonds is 0. The summed E-state index contributed by atoms with van der Waals surface area (Å²) in [5.41, 5.74) is 4.69. The van der Waals surface area contributed by atoms with Gasteiger partial charge in [0.2, 0.25) is 0 Å². The van der Waals surface area contributed by atoms with Crippen LogP contribution in [0.1, 0.15) is 35.8 Å². The number of hydrogen-bond donors (Lipinski definition) is 0. The molecule has 1 saturated carbocycles. The van der Waals surface area contributed by atoms with E-state index < -0.39 is 0 Å². The minimum absolute atomic E-state index is 0.671. The average Bonchev–Trinajstić information content (AvgIpc) is 2.75. The molecule has 0 radical (unpaired) electrons. The molecule has 1 aromatic rings. The standard InChI is InChI=1S/C12H10Br2/c13-12(14)11-6-7-5-10(11)9-4-2-1-3-8(7)9/h1-4,7,10H,5-6H2/t7-,10-/m0/s1. The summed E-state index contributed by atoms with van der Waals surface area (Å²) in [5, 5.41) is 0. The van der Waals surface area contributed by atoms with Gasteiger partial charge in [0.1, 0.15) is 0 Å². The molecule has 2 bridgehead atoms. The topological polar surface area (TPSA) is 0 Å². The van der Waals surface area contributed by atoms with Gasteiger partial charge in [-0.05, 0) is 67.3 Å². The Morgan fingerprint density at radius 1 is 1.14 bits per heavy atom. The van der Waals surface area contributed by atoms with Crippen molar-refractivity contribution in [3.05, 3.63) is 44.4 Å². The molecule has 0 nitrogen and oxygen atoms in total. The molecular weight excluding hydrogens is 304 g/mol. The highest BCUT2D eigenvalue weighted by Crippen LogP contribution is 2.57. The van der Waals surface area contributed by atoms with Gasteiger partial charge < -0.3 is 0 Å². The van der Waals surface area contributed by atoms with Crippen molar-refractivity contribution < 1.29 is 0 Å². The summed E-state index contributed by atoms with van der Waals surface area (Å²) in [6.45, 7) is 0. The summed E-state index contributed by atoms with van der Waals surface area (Å²) in [4.78, 5) is 0. The minimum Gasteiger partial charge on any atom is -0.0620 e. The van der Waals surface area contributed by atoms with Gasteiger partial charge in [-0.25, -0.2) is 0 Å². The van der Waals surface area contributed by atoms with Crippen molar-refractivity contribution in [2.24, 2.45) is 0 Å². The Labute approximate surface area is 101 Å². The van der Waals surface area contributed by atoms with Gasteiger partial charge in [-0.15, -0.1) is 0 Å². The van der Waals surface area contributed by atoms with E-state index in [-0.39, 0.29) is 0 Å². The van der Waals surface area contributed by atoms with Crippen LogP contribution in [0.15, 0.2) is 33.2 Å². The van der Waals surface area contributed by atoms with Crippen LogP contribution >= 0.6 is 31.9 Å². The first kappa shape index (κ1) is 9.17. The van der Waals surface area contributed by atoms with E-state index in [9.17, 15) is 0 Å². The fourth-order valence-corrected chi connectivity index (χ4v) is 3.75. The van der Waals surface area contributed by atoms with Crippen molar-refractivity contribution in [1.29, 1.82) is 0 Å². The van der Waals surface area contributed by atoms with E-state index in [0.29, 0.717) is 5.92 Å². The number of allylic oxidation sites excluding steroid dienone is 1. The summed E-state index contributed by atoms with van der Waals surface area (Å²) in [6.07, 6.45) is 2.54. The van der Waals surface area contributed by atoms with E-state index >= 15 is 0 Å². The second-order valence-electron chi connectivity index (χ2n) is 4.10. The largest absolute Gasteiger partial charge is 0.0620 e. The molecule has 1 aromatic carbocycles. The second-order valence-corrected chi connectivity index (χ2v) is 6.75. The van der Waals surface area contributed by atoms with E-state index in [4.69, 9.17) is 0 Å².